The topological polar surface area (TPSA) is 26.3 Å². The van der Waals surface area contributed by atoms with Crippen LogP contribution in [0.4, 0.5) is 13.2 Å². The molecular formula is C20H27F3O2. The van der Waals surface area contributed by atoms with Crippen molar-refractivity contribution in [3.05, 3.63) is 34.9 Å². The molecule has 5 heteroatoms. The SMILES string of the molecule is CCOc1c(/C(=C\C=O)C(F)(F)F)cc(C(C)(C)C)cc1C(C)(C)C. The second-order valence-electron chi connectivity index (χ2n) is 8.05. The summed E-state index contributed by atoms with van der Waals surface area (Å²) in [7, 11) is 0. The van der Waals surface area contributed by atoms with Crippen LogP contribution in [0, 0.1) is 0 Å². The lowest BCUT2D eigenvalue weighted by Gasteiger charge is -2.30. The van der Waals surface area contributed by atoms with Gasteiger partial charge < -0.3 is 4.74 Å². The minimum atomic E-state index is -4.65. The monoisotopic (exact) mass is 356 g/mol. The third kappa shape index (κ3) is 5.10. The molecule has 0 amide bonds. The molecule has 0 unspecified atom stereocenters. The van der Waals surface area contributed by atoms with Gasteiger partial charge in [-0.25, -0.2) is 0 Å². The van der Waals surface area contributed by atoms with Gasteiger partial charge in [0.25, 0.3) is 0 Å². The zero-order chi connectivity index (χ0) is 19.6. The van der Waals surface area contributed by atoms with E-state index in [1.165, 1.54) is 6.07 Å². The summed E-state index contributed by atoms with van der Waals surface area (Å²) in [4.78, 5) is 10.9. The number of aldehydes is 1. The Labute approximate surface area is 148 Å². The van der Waals surface area contributed by atoms with E-state index >= 15 is 0 Å². The molecule has 0 N–H and O–H groups in total. The van der Waals surface area contributed by atoms with Gasteiger partial charge in [0.05, 0.1) is 12.2 Å². The standard InChI is InChI=1S/C20H27F3O2/c1-8-25-17-14(15(9-10-24)20(21,22)23)11-13(18(2,3)4)12-16(17)19(5,6)7/h9-12H,8H2,1-7H3/b15-9+. The third-order valence-electron chi connectivity index (χ3n) is 3.88. The molecule has 0 saturated carbocycles. The molecule has 140 valence electrons. The first-order chi connectivity index (χ1) is 11.2. The summed E-state index contributed by atoms with van der Waals surface area (Å²) < 4.78 is 46.4. The number of rotatable bonds is 4. The van der Waals surface area contributed by atoms with Crippen LogP contribution in [-0.2, 0) is 15.6 Å². The van der Waals surface area contributed by atoms with Gasteiger partial charge in [-0.15, -0.1) is 0 Å². The van der Waals surface area contributed by atoms with Crippen LogP contribution in [0.2, 0.25) is 0 Å². The molecule has 0 atom stereocenters. The molecule has 0 radical (unpaired) electrons. The molecule has 0 bridgehead atoms. The number of halogens is 3. The molecule has 0 fully saturated rings. The lowest BCUT2D eigenvalue weighted by atomic mass is 9.78. The summed E-state index contributed by atoms with van der Waals surface area (Å²) in [5.74, 6) is 0.188. The van der Waals surface area contributed by atoms with E-state index in [-0.39, 0.29) is 29.6 Å². The van der Waals surface area contributed by atoms with Crippen molar-refractivity contribution in [1.29, 1.82) is 0 Å². The first-order valence-corrected chi connectivity index (χ1v) is 8.28. The maximum atomic E-state index is 13.6. The Hall–Kier alpha value is -1.78. The summed E-state index contributed by atoms with van der Waals surface area (Å²) in [5, 5.41) is 0. The maximum absolute atomic E-state index is 13.6. The van der Waals surface area contributed by atoms with Crippen LogP contribution in [0.5, 0.6) is 5.75 Å². The highest BCUT2D eigenvalue weighted by atomic mass is 19.4. The zero-order valence-electron chi connectivity index (χ0n) is 16.0. The average molecular weight is 356 g/mol. The second-order valence-corrected chi connectivity index (χ2v) is 8.05. The first kappa shape index (κ1) is 21.3. The molecule has 0 heterocycles. The van der Waals surface area contributed by atoms with E-state index in [0.717, 1.165) is 5.56 Å². The molecule has 1 aromatic rings. The Bertz CT molecular complexity index is 657. The van der Waals surface area contributed by atoms with Crippen LogP contribution >= 0.6 is 0 Å². The molecule has 0 aliphatic heterocycles. The smallest absolute Gasteiger partial charge is 0.417 e. The van der Waals surface area contributed by atoms with Crippen molar-refractivity contribution in [2.24, 2.45) is 0 Å². The van der Waals surface area contributed by atoms with Crippen molar-refractivity contribution in [3.8, 4) is 5.75 Å². The van der Waals surface area contributed by atoms with Crippen LogP contribution in [0.15, 0.2) is 18.2 Å². The van der Waals surface area contributed by atoms with Gasteiger partial charge in [-0.2, -0.15) is 13.2 Å². The Kier molecular flexibility index (Phi) is 6.14. The molecule has 1 rings (SSSR count). The minimum Gasteiger partial charge on any atom is -0.493 e. The van der Waals surface area contributed by atoms with Crippen LogP contribution in [-0.4, -0.2) is 19.1 Å². The molecule has 0 saturated heterocycles. The molecule has 0 aliphatic carbocycles. The summed E-state index contributed by atoms with van der Waals surface area (Å²) in [6.07, 6.45) is -3.92. The van der Waals surface area contributed by atoms with Crippen LogP contribution < -0.4 is 4.74 Å². The quantitative estimate of drug-likeness (QED) is 0.501. The summed E-state index contributed by atoms with van der Waals surface area (Å²) in [5.41, 5.74) is -0.383. The summed E-state index contributed by atoms with van der Waals surface area (Å²) in [6, 6.07) is 3.40. The molecule has 0 spiro atoms. The normalized spacial score (nSPS) is 13.8. The minimum absolute atomic E-state index is 0.0844. The van der Waals surface area contributed by atoms with Gasteiger partial charge in [0.2, 0.25) is 0 Å². The van der Waals surface area contributed by atoms with Crippen molar-refractivity contribution in [2.75, 3.05) is 6.61 Å². The highest BCUT2D eigenvalue weighted by Crippen LogP contribution is 2.45. The molecule has 0 aliphatic rings. The van der Waals surface area contributed by atoms with E-state index in [4.69, 9.17) is 4.74 Å². The Balaban J connectivity index is 3.97. The van der Waals surface area contributed by atoms with Crippen molar-refractivity contribution in [1.82, 2.24) is 0 Å². The van der Waals surface area contributed by atoms with Crippen molar-refractivity contribution >= 4 is 11.9 Å². The number of ether oxygens (including phenoxy) is 1. The fourth-order valence-corrected chi connectivity index (χ4v) is 2.52. The molecule has 0 aromatic heterocycles. The number of benzene rings is 1. The lowest BCUT2D eigenvalue weighted by Crippen LogP contribution is -2.21. The third-order valence-corrected chi connectivity index (χ3v) is 3.88. The fraction of sp³-hybridized carbons (Fsp3) is 0.550. The molecular weight excluding hydrogens is 329 g/mol. The fourth-order valence-electron chi connectivity index (χ4n) is 2.52. The molecule has 2 nitrogen and oxygen atoms in total. The second kappa shape index (κ2) is 7.22. The van der Waals surface area contributed by atoms with Gasteiger partial charge in [-0.1, -0.05) is 47.6 Å². The molecule has 1 aromatic carbocycles. The van der Waals surface area contributed by atoms with E-state index in [9.17, 15) is 18.0 Å². The summed E-state index contributed by atoms with van der Waals surface area (Å²) in [6.45, 7) is 13.6. The van der Waals surface area contributed by atoms with Crippen LogP contribution in [0.25, 0.3) is 5.57 Å². The lowest BCUT2D eigenvalue weighted by molar-refractivity contribution is -0.104. The van der Waals surface area contributed by atoms with E-state index in [2.05, 4.69) is 0 Å². The van der Waals surface area contributed by atoms with Crippen molar-refractivity contribution < 1.29 is 22.7 Å². The van der Waals surface area contributed by atoms with Gasteiger partial charge in [0, 0.05) is 11.1 Å². The van der Waals surface area contributed by atoms with E-state index in [1.807, 2.05) is 47.6 Å². The van der Waals surface area contributed by atoms with Gasteiger partial charge in [0.15, 0.2) is 0 Å². The van der Waals surface area contributed by atoms with Crippen molar-refractivity contribution in [3.63, 3.8) is 0 Å². The largest absolute Gasteiger partial charge is 0.493 e. The number of alkyl halides is 3. The van der Waals surface area contributed by atoms with Crippen LogP contribution in [0.3, 0.4) is 0 Å². The first-order valence-electron chi connectivity index (χ1n) is 8.28. The maximum Gasteiger partial charge on any atom is 0.417 e. The average Bonchev–Trinajstić information content (AvgIpc) is 2.41. The van der Waals surface area contributed by atoms with Crippen molar-refractivity contribution in [2.45, 2.75) is 65.5 Å². The Morgan fingerprint density at radius 2 is 1.60 bits per heavy atom. The Morgan fingerprint density at radius 3 is 1.96 bits per heavy atom. The highest BCUT2D eigenvalue weighted by Gasteiger charge is 2.38. The predicted octanol–water partition coefficient (Wildman–Crippen LogP) is 5.82. The van der Waals surface area contributed by atoms with Gasteiger partial charge >= 0.3 is 6.18 Å². The van der Waals surface area contributed by atoms with Crippen LogP contribution in [0.1, 0.15) is 65.2 Å². The predicted molar refractivity (Wildman–Crippen MR) is 95.1 cm³/mol. The summed E-state index contributed by atoms with van der Waals surface area (Å²) >= 11 is 0. The highest BCUT2D eigenvalue weighted by molar-refractivity contribution is 5.86. The van der Waals surface area contributed by atoms with Gasteiger partial charge in [-0.05, 0) is 35.5 Å². The van der Waals surface area contributed by atoms with E-state index in [0.29, 0.717) is 11.6 Å². The van der Waals surface area contributed by atoms with E-state index < -0.39 is 17.2 Å². The number of allylic oxidation sites excluding steroid dienone is 2. The number of hydrogen-bond acceptors (Lipinski definition) is 2. The Morgan fingerprint density at radius 1 is 1.04 bits per heavy atom. The number of carbonyl (C=O) groups is 1. The van der Waals surface area contributed by atoms with Gasteiger partial charge in [-0.3, -0.25) is 4.79 Å². The van der Waals surface area contributed by atoms with E-state index in [1.54, 1.807) is 6.92 Å². The zero-order valence-corrected chi connectivity index (χ0v) is 16.0. The number of hydrogen-bond donors (Lipinski definition) is 0. The molecule has 25 heavy (non-hydrogen) atoms. The van der Waals surface area contributed by atoms with Gasteiger partial charge in [0.1, 0.15) is 12.0 Å². The number of carbonyl (C=O) groups excluding carboxylic acids is 1.